The molecule has 2 aliphatic heterocycles. The summed E-state index contributed by atoms with van der Waals surface area (Å²) in [7, 11) is 1.59. The molecule has 4 rings (SSSR count). The van der Waals surface area contributed by atoms with Gasteiger partial charge in [0.15, 0.2) is 12.6 Å². The van der Waals surface area contributed by atoms with Gasteiger partial charge in [-0.2, -0.15) is 0 Å². The van der Waals surface area contributed by atoms with Crippen molar-refractivity contribution < 1.29 is 59.1 Å². The van der Waals surface area contributed by atoms with Gasteiger partial charge >= 0.3 is 6.09 Å². The van der Waals surface area contributed by atoms with E-state index < -0.39 is 73.1 Å². The quantitative estimate of drug-likeness (QED) is 0.164. The van der Waals surface area contributed by atoms with Crippen LogP contribution in [0.5, 0.6) is 0 Å². The Morgan fingerprint density at radius 1 is 0.776 bits per heavy atom. The minimum Gasteiger partial charge on any atom is -0.444 e. The summed E-state index contributed by atoms with van der Waals surface area (Å²) in [6, 6.07) is 18.0. The lowest BCUT2D eigenvalue weighted by Gasteiger charge is -2.40. The van der Waals surface area contributed by atoms with E-state index in [1.165, 1.54) is 4.90 Å². The van der Waals surface area contributed by atoms with Crippen LogP contribution in [0.25, 0.3) is 0 Å². The summed E-state index contributed by atoms with van der Waals surface area (Å²) in [5, 5.41) is 66.0. The van der Waals surface area contributed by atoms with Crippen LogP contribution in [-0.2, 0) is 23.7 Å². The minimum atomic E-state index is -1.55. The maximum Gasteiger partial charge on any atom is 0.410 e. The number of aliphatic hydroxyl groups excluding tert-OH is 6. The molecule has 0 bridgehead atoms. The van der Waals surface area contributed by atoms with Crippen LogP contribution in [0.15, 0.2) is 60.7 Å². The Balaban J connectivity index is 1.43. The topological polar surface area (TPSA) is 191 Å². The predicted molar refractivity (Wildman–Crippen MR) is 176 cm³/mol. The predicted octanol–water partition coefficient (Wildman–Crippen LogP) is 0.939. The number of hydrogen-bond donors (Lipinski definition) is 6. The van der Waals surface area contributed by atoms with Crippen molar-refractivity contribution in [2.24, 2.45) is 0 Å². The fourth-order valence-corrected chi connectivity index (χ4v) is 5.70. The molecular formula is C35H52N2O12. The van der Waals surface area contributed by atoms with Crippen LogP contribution in [0.1, 0.15) is 50.9 Å². The highest BCUT2D eigenvalue weighted by molar-refractivity contribution is 5.67. The Bertz CT molecular complexity index is 1190. The highest BCUT2D eigenvalue weighted by Crippen LogP contribution is 2.30. The number of carbonyl (C=O) groups is 1. The van der Waals surface area contributed by atoms with Crippen molar-refractivity contribution in [2.45, 2.75) is 94.2 Å². The molecule has 14 heteroatoms. The van der Waals surface area contributed by atoms with Crippen molar-refractivity contribution in [1.29, 1.82) is 0 Å². The highest BCUT2D eigenvalue weighted by Gasteiger charge is 2.42. The average molecular weight is 693 g/mol. The van der Waals surface area contributed by atoms with Gasteiger partial charge in [-0.1, -0.05) is 60.7 Å². The van der Waals surface area contributed by atoms with Gasteiger partial charge in [0.2, 0.25) is 0 Å². The van der Waals surface area contributed by atoms with Gasteiger partial charge in [0.1, 0.15) is 42.2 Å². The standard InChI is InChI=1S/C35H52N2O12/c1-35(2,3)49-34(44)36(4)16-11-17-37(18-24(38)28(42)30-26(40)20-45-32(47-30)22-12-7-5-8-13-22)19-25(39)29(43)31-27(41)21-46-33(48-31)23-14-9-6-10-15-23/h5-10,12-15,24-33,38-43H,11,16-21H2,1-4H3/t24?,25?,26-,27-,28?,29?,30-,31-,32?,33?/m1/s1. The van der Waals surface area contributed by atoms with Gasteiger partial charge in [-0.3, -0.25) is 4.90 Å². The van der Waals surface area contributed by atoms with Crippen molar-refractivity contribution in [3.8, 4) is 0 Å². The third kappa shape index (κ3) is 11.4. The van der Waals surface area contributed by atoms with E-state index in [0.717, 1.165) is 0 Å². The van der Waals surface area contributed by atoms with Gasteiger partial charge in [-0.05, 0) is 27.2 Å². The maximum absolute atomic E-state index is 12.5. The van der Waals surface area contributed by atoms with Crippen molar-refractivity contribution in [3.63, 3.8) is 0 Å². The van der Waals surface area contributed by atoms with Gasteiger partial charge in [-0.25, -0.2) is 4.79 Å². The molecule has 0 radical (unpaired) electrons. The summed E-state index contributed by atoms with van der Waals surface area (Å²) in [5.41, 5.74) is 0.687. The molecule has 0 aromatic heterocycles. The van der Waals surface area contributed by atoms with Gasteiger partial charge < -0.3 is 59.2 Å². The average Bonchev–Trinajstić information content (AvgIpc) is 3.08. The summed E-state index contributed by atoms with van der Waals surface area (Å²) >= 11 is 0. The molecular weight excluding hydrogens is 640 g/mol. The molecule has 2 aromatic carbocycles. The zero-order chi connectivity index (χ0) is 35.7. The normalized spacial score (nSPS) is 27.2. The van der Waals surface area contributed by atoms with Crippen LogP contribution in [0.3, 0.4) is 0 Å². The molecule has 6 N–H and O–H groups in total. The summed E-state index contributed by atoms with van der Waals surface area (Å²) in [6.07, 6.45) is -12.7. The van der Waals surface area contributed by atoms with E-state index in [0.29, 0.717) is 17.5 Å². The molecule has 14 nitrogen and oxygen atoms in total. The molecule has 0 aliphatic carbocycles. The van der Waals surface area contributed by atoms with Crippen LogP contribution in [0.4, 0.5) is 4.79 Å². The molecule has 49 heavy (non-hydrogen) atoms. The minimum absolute atomic E-state index is 0.128. The number of amides is 1. The van der Waals surface area contributed by atoms with Crippen molar-refractivity contribution >= 4 is 6.09 Å². The Morgan fingerprint density at radius 3 is 1.61 bits per heavy atom. The first-order valence-corrected chi connectivity index (χ1v) is 16.6. The molecule has 2 aromatic rings. The number of carbonyl (C=O) groups excluding carboxylic acids is 1. The molecule has 274 valence electrons. The van der Waals surface area contributed by atoms with E-state index in [4.69, 9.17) is 23.7 Å². The van der Waals surface area contributed by atoms with Crippen LogP contribution in [-0.4, -0.2) is 147 Å². The lowest BCUT2D eigenvalue weighted by molar-refractivity contribution is -0.285. The van der Waals surface area contributed by atoms with Gasteiger partial charge in [0.25, 0.3) is 0 Å². The van der Waals surface area contributed by atoms with E-state index in [1.807, 2.05) is 12.1 Å². The largest absolute Gasteiger partial charge is 0.444 e. The van der Waals surface area contributed by atoms with Crippen LogP contribution in [0, 0.1) is 0 Å². The van der Waals surface area contributed by atoms with Crippen LogP contribution >= 0.6 is 0 Å². The SMILES string of the molecule is CN(CCCN(CC(O)C(O)[C@@H]1OC(c2ccccc2)OC[C@H]1O)CC(O)C(O)[C@@H]1OC(c2ccccc2)OC[C@H]1O)C(=O)OC(C)(C)C. The fourth-order valence-electron chi connectivity index (χ4n) is 5.70. The zero-order valence-electron chi connectivity index (χ0n) is 28.5. The number of benzene rings is 2. The second-order valence-corrected chi connectivity index (χ2v) is 13.6. The zero-order valence-corrected chi connectivity index (χ0v) is 28.5. The molecule has 0 spiro atoms. The first kappa shape index (κ1) is 39.1. The van der Waals surface area contributed by atoms with Crippen molar-refractivity contribution in [3.05, 3.63) is 71.8 Å². The second kappa shape index (κ2) is 18.0. The number of ether oxygens (including phenoxy) is 5. The third-order valence-corrected chi connectivity index (χ3v) is 8.33. The van der Waals surface area contributed by atoms with Crippen LogP contribution in [0.2, 0.25) is 0 Å². The van der Waals surface area contributed by atoms with Gasteiger partial charge in [0, 0.05) is 44.4 Å². The first-order valence-electron chi connectivity index (χ1n) is 16.6. The summed E-state index contributed by atoms with van der Waals surface area (Å²) in [5.74, 6) is 0. The second-order valence-electron chi connectivity index (χ2n) is 13.6. The van der Waals surface area contributed by atoms with Crippen LogP contribution < -0.4 is 0 Å². The molecule has 6 unspecified atom stereocenters. The first-order chi connectivity index (χ1) is 23.2. The molecule has 2 fully saturated rings. The van der Waals surface area contributed by atoms with Crippen molar-refractivity contribution in [1.82, 2.24) is 9.80 Å². The molecule has 2 saturated heterocycles. The molecule has 1 amide bonds. The lowest BCUT2D eigenvalue weighted by Crippen LogP contribution is -2.56. The summed E-state index contributed by atoms with van der Waals surface area (Å²) < 4.78 is 28.4. The van der Waals surface area contributed by atoms with Crippen molar-refractivity contribution in [2.75, 3.05) is 46.4 Å². The van der Waals surface area contributed by atoms with E-state index in [-0.39, 0.29) is 39.4 Å². The lowest BCUT2D eigenvalue weighted by atomic mass is 9.99. The van der Waals surface area contributed by atoms with E-state index in [2.05, 4.69) is 0 Å². The Hall–Kier alpha value is -2.73. The number of hydrogen-bond acceptors (Lipinski definition) is 13. The Morgan fingerprint density at radius 2 is 1.20 bits per heavy atom. The summed E-state index contributed by atoms with van der Waals surface area (Å²) in [6.45, 7) is 5.13. The third-order valence-electron chi connectivity index (χ3n) is 8.33. The number of nitrogens with zero attached hydrogens (tertiary/aromatic N) is 2. The van der Waals surface area contributed by atoms with E-state index in [1.54, 1.807) is 81.2 Å². The number of aliphatic hydroxyl groups is 6. The number of rotatable bonds is 14. The Kier molecular flexibility index (Phi) is 14.3. The molecule has 2 aliphatic rings. The van der Waals surface area contributed by atoms with Gasteiger partial charge in [-0.15, -0.1) is 0 Å². The molecule has 2 heterocycles. The molecule has 0 saturated carbocycles. The van der Waals surface area contributed by atoms with E-state index in [9.17, 15) is 35.4 Å². The highest BCUT2D eigenvalue weighted by atomic mass is 16.7. The Labute approximate surface area is 287 Å². The maximum atomic E-state index is 12.5. The van der Waals surface area contributed by atoms with E-state index >= 15 is 0 Å². The van der Waals surface area contributed by atoms with Gasteiger partial charge in [0.05, 0.1) is 25.4 Å². The summed E-state index contributed by atoms with van der Waals surface area (Å²) in [4.78, 5) is 15.5. The molecule has 10 atom stereocenters. The fraction of sp³-hybridized carbons (Fsp3) is 0.629. The monoisotopic (exact) mass is 692 g/mol. The smallest absolute Gasteiger partial charge is 0.410 e.